The molecule has 46 heavy (non-hydrogen) atoms. The Morgan fingerprint density at radius 3 is 1.96 bits per heavy atom. The molecule has 4 heteroatoms. The molecule has 3 nitrogen and oxygen atoms in total. The molecule has 3 heterocycles. The third kappa shape index (κ3) is 3.77. The molecule has 10 aromatic rings. The molecule has 0 fully saturated rings. The van der Waals surface area contributed by atoms with Gasteiger partial charge in [-0.2, -0.15) is 0 Å². The zero-order chi connectivity index (χ0) is 30.2. The number of nitrogens with zero attached hydrogens (tertiary/aromatic N) is 3. The number of thiophene rings is 1. The summed E-state index contributed by atoms with van der Waals surface area (Å²) in [6, 6.07) is 54.0. The molecule has 0 aliphatic heterocycles. The van der Waals surface area contributed by atoms with Crippen LogP contribution in [0.15, 0.2) is 152 Å². The maximum Gasteiger partial charge on any atom is 0.165 e. The van der Waals surface area contributed by atoms with Gasteiger partial charge in [-0.1, -0.05) is 121 Å². The first-order valence-corrected chi connectivity index (χ1v) is 16.3. The normalized spacial score (nSPS) is 11.9. The lowest BCUT2D eigenvalue weighted by atomic mass is 10.0. The van der Waals surface area contributed by atoms with E-state index in [0.717, 1.165) is 39.1 Å². The lowest BCUT2D eigenvalue weighted by Crippen LogP contribution is -2.03. The van der Waals surface area contributed by atoms with Crippen LogP contribution in [0.3, 0.4) is 0 Å². The quantitative estimate of drug-likeness (QED) is 0.201. The molecule has 7 aromatic carbocycles. The fourth-order valence-electron chi connectivity index (χ4n) is 6.99. The van der Waals surface area contributed by atoms with Gasteiger partial charge < -0.3 is 0 Å². The van der Waals surface area contributed by atoms with Crippen LogP contribution in [0.1, 0.15) is 0 Å². The number of para-hydroxylation sites is 3. The Morgan fingerprint density at radius 2 is 1.11 bits per heavy atom. The summed E-state index contributed by atoms with van der Waals surface area (Å²) in [5, 5.41) is 7.61. The monoisotopic (exact) mass is 603 g/mol. The third-order valence-corrected chi connectivity index (χ3v) is 10.4. The summed E-state index contributed by atoms with van der Waals surface area (Å²) >= 11 is 1.87. The van der Waals surface area contributed by atoms with Gasteiger partial charge >= 0.3 is 0 Å². The Labute approximate surface area is 268 Å². The van der Waals surface area contributed by atoms with Gasteiger partial charge in [0.05, 0.1) is 22.1 Å². The van der Waals surface area contributed by atoms with Gasteiger partial charge in [0, 0.05) is 36.5 Å². The van der Waals surface area contributed by atoms with Gasteiger partial charge in [-0.25, -0.2) is 9.97 Å². The van der Waals surface area contributed by atoms with E-state index in [-0.39, 0.29) is 0 Å². The van der Waals surface area contributed by atoms with Crippen molar-refractivity contribution in [3.8, 4) is 28.2 Å². The van der Waals surface area contributed by atoms with E-state index in [1.54, 1.807) is 0 Å². The molecule has 214 valence electrons. The van der Waals surface area contributed by atoms with E-state index in [4.69, 9.17) is 9.97 Å². The second-order valence-corrected chi connectivity index (χ2v) is 12.9. The van der Waals surface area contributed by atoms with Gasteiger partial charge in [0.1, 0.15) is 5.69 Å². The van der Waals surface area contributed by atoms with E-state index < -0.39 is 0 Å². The highest BCUT2D eigenvalue weighted by Crippen LogP contribution is 2.43. The molecule has 0 aliphatic carbocycles. The highest BCUT2D eigenvalue weighted by Gasteiger charge is 2.21. The molecule has 0 unspecified atom stereocenters. The standard InChI is InChI=1S/C42H25N3S/c1-2-10-26(11-3-1)27-18-20-29(21-19-27)40-42(44-36-16-8-7-15-35(36)43-40)45-37-17-9-6-14-31(37)33-24-34-32-23-22-28-12-4-5-13-30(28)41(32)46-39(34)25-38(33)45/h1-25H. The number of fused-ring (bicyclic) bond motifs is 9. The second-order valence-electron chi connectivity index (χ2n) is 11.8. The van der Waals surface area contributed by atoms with Crippen LogP contribution in [0.5, 0.6) is 0 Å². The Bertz CT molecular complexity index is 2790. The molecule has 0 N–H and O–H groups in total. The van der Waals surface area contributed by atoms with Crippen LogP contribution in [-0.2, 0) is 0 Å². The molecule has 3 aromatic heterocycles. The maximum atomic E-state index is 5.34. The van der Waals surface area contributed by atoms with Crippen molar-refractivity contribution >= 4 is 75.1 Å². The van der Waals surface area contributed by atoms with Crippen LogP contribution >= 0.6 is 11.3 Å². The fourth-order valence-corrected chi connectivity index (χ4v) is 8.24. The zero-order valence-corrected chi connectivity index (χ0v) is 25.5. The van der Waals surface area contributed by atoms with Crippen molar-refractivity contribution < 1.29 is 0 Å². The van der Waals surface area contributed by atoms with Crippen LogP contribution in [0.4, 0.5) is 0 Å². The minimum absolute atomic E-state index is 0.836. The van der Waals surface area contributed by atoms with Gasteiger partial charge in [-0.05, 0) is 52.2 Å². The number of aromatic nitrogens is 3. The van der Waals surface area contributed by atoms with Crippen LogP contribution in [0, 0.1) is 0 Å². The molecular weight excluding hydrogens is 579 g/mol. The molecule has 0 amide bonds. The van der Waals surface area contributed by atoms with Crippen molar-refractivity contribution in [3.63, 3.8) is 0 Å². The highest BCUT2D eigenvalue weighted by atomic mass is 32.1. The summed E-state index contributed by atoms with van der Waals surface area (Å²) in [6.45, 7) is 0. The number of hydrogen-bond donors (Lipinski definition) is 0. The summed E-state index contributed by atoms with van der Waals surface area (Å²) in [5.74, 6) is 0.836. The van der Waals surface area contributed by atoms with Gasteiger partial charge in [0.25, 0.3) is 0 Å². The van der Waals surface area contributed by atoms with Crippen LogP contribution in [0.2, 0.25) is 0 Å². The van der Waals surface area contributed by atoms with E-state index >= 15 is 0 Å². The average molecular weight is 604 g/mol. The highest BCUT2D eigenvalue weighted by molar-refractivity contribution is 7.26. The minimum Gasteiger partial charge on any atom is -0.292 e. The molecular formula is C42H25N3S. The van der Waals surface area contributed by atoms with Crippen molar-refractivity contribution in [1.82, 2.24) is 14.5 Å². The van der Waals surface area contributed by atoms with Crippen molar-refractivity contribution in [2.45, 2.75) is 0 Å². The van der Waals surface area contributed by atoms with E-state index in [2.05, 4.69) is 138 Å². The first kappa shape index (κ1) is 25.5. The molecule has 0 aliphatic rings. The van der Waals surface area contributed by atoms with E-state index in [1.807, 2.05) is 29.5 Å². The van der Waals surface area contributed by atoms with Gasteiger partial charge in [-0.3, -0.25) is 4.57 Å². The minimum atomic E-state index is 0.836. The summed E-state index contributed by atoms with van der Waals surface area (Å²) in [4.78, 5) is 10.6. The van der Waals surface area contributed by atoms with Gasteiger partial charge in [0.15, 0.2) is 5.82 Å². The summed E-state index contributed by atoms with van der Waals surface area (Å²) in [6.07, 6.45) is 0. The largest absolute Gasteiger partial charge is 0.292 e. The van der Waals surface area contributed by atoms with Gasteiger partial charge in [0.2, 0.25) is 0 Å². The zero-order valence-electron chi connectivity index (χ0n) is 24.7. The first-order chi connectivity index (χ1) is 22.8. The second kappa shape index (κ2) is 9.83. The van der Waals surface area contributed by atoms with Gasteiger partial charge in [-0.15, -0.1) is 11.3 Å². The Morgan fingerprint density at radius 1 is 0.435 bits per heavy atom. The molecule has 10 rings (SSSR count). The van der Waals surface area contributed by atoms with Crippen LogP contribution in [-0.4, -0.2) is 14.5 Å². The molecule has 0 radical (unpaired) electrons. The smallest absolute Gasteiger partial charge is 0.165 e. The number of benzene rings is 7. The van der Waals surface area contributed by atoms with E-state index in [0.29, 0.717) is 0 Å². The molecule has 0 bridgehead atoms. The SMILES string of the molecule is c1ccc(-c2ccc(-c3nc4ccccc4nc3-n3c4ccccc4c4cc5c(cc43)sc3c4ccccc4ccc53)cc2)cc1. The van der Waals surface area contributed by atoms with Crippen molar-refractivity contribution in [2.24, 2.45) is 0 Å². The topological polar surface area (TPSA) is 30.7 Å². The van der Waals surface area contributed by atoms with Crippen molar-refractivity contribution in [3.05, 3.63) is 152 Å². The van der Waals surface area contributed by atoms with Crippen LogP contribution in [0.25, 0.3) is 92.0 Å². The molecule has 0 atom stereocenters. The average Bonchev–Trinajstić information content (AvgIpc) is 3.65. The Balaban J connectivity index is 1.28. The lowest BCUT2D eigenvalue weighted by molar-refractivity contribution is 1.08. The Hall–Kier alpha value is -5.84. The summed E-state index contributed by atoms with van der Waals surface area (Å²) in [7, 11) is 0. The number of rotatable bonds is 3. The fraction of sp³-hybridized carbons (Fsp3) is 0. The first-order valence-electron chi connectivity index (χ1n) is 15.5. The van der Waals surface area contributed by atoms with E-state index in [1.165, 1.54) is 52.8 Å². The molecule has 0 saturated heterocycles. The third-order valence-electron chi connectivity index (χ3n) is 9.19. The predicted molar refractivity (Wildman–Crippen MR) is 195 cm³/mol. The van der Waals surface area contributed by atoms with Crippen molar-refractivity contribution in [2.75, 3.05) is 0 Å². The summed E-state index contributed by atoms with van der Waals surface area (Å²) in [5.41, 5.74) is 8.29. The predicted octanol–water partition coefficient (Wildman–Crippen LogP) is 11.6. The van der Waals surface area contributed by atoms with Crippen LogP contribution < -0.4 is 0 Å². The Kier molecular flexibility index (Phi) is 5.45. The number of hydrogen-bond acceptors (Lipinski definition) is 3. The molecule has 0 spiro atoms. The lowest BCUT2D eigenvalue weighted by Gasteiger charge is -2.14. The maximum absolute atomic E-state index is 5.34. The van der Waals surface area contributed by atoms with Crippen molar-refractivity contribution in [1.29, 1.82) is 0 Å². The summed E-state index contributed by atoms with van der Waals surface area (Å²) < 4.78 is 4.93. The van der Waals surface area contributed by atoms with E-state index in [9.17, 15) is 0 Å². The molecule has 0 saturated carbocycles.